The lowest BCUT2D eigenvalue weighted by atomic mass is 9.91. The molecule has 0 saturated carbocycles. The molecule has 6 nitrogen and oxygen atoms in total. The zero-order chi connectivity index (χ0) is 24.3. The van der Waals surface area contributed by atoms with Crippen LogP contribution in [0.5, 0.6) is 0 Å². The van der Waals surface area contributed by atoms with Crippen molar-refractivity contribution in [1.29, 1.82) is 0 Å². The van der Waals surface area contributed by atoms with Gasteiger partial charge in [0.1, 0.15) is 17.9 Å². The quantitative estimate of drug-likeness (QED) is 0.467. The van der Waals surface area contributed by atoms with Crippen molar-refractivity contribution in [2.45, 2.75) is 38.3 Å². The van der Waals surface area contributed by atoms with E-state index in [1.165, 1.54) is 23.5 Å². The number of urea groups is 1. The lowest BCUT2D eigenvalue weighted by molar-refractivity contribution is -0.135. The molecule has 176 valence electrons. The molecule has 1 aliphatic rings. The highest BCUT2D eigenvalue weighted by Crippen LogP contribution is 2.30. The molecule has 0 aliphatic carbocycles. The highest BCUT2D eigenvalue weighted by Gasteiger charge is 2.49. The lowest BCUT2D eigenvalue weighted by Gasteiger charge is -2.23. The van der Waals surface area contributed by atoms with E-state index < -0.39 is 36.0 Å². The van der Waals surface area contributed by atoms with E-state index >= 15 is 0 Å². The second kappa shape index (κ2) is 9.77. The molecule has 0 spiro atoms. The number of thiophene rings is 1. The van der Waals surface area contributed by atoms with E-state index in [0.717, 1.165) is 28.2 Å². The molecule has 2 aromatic carbocycles. The molecule has 34 heavy (non-hydrogen) atoms. The van der Waals surface area contributed by atoms with Crippen LogP contribution in [0.4, 0.5) is 9.18 Å². The summed E-state index contributed by atoms with van der Waals surface area (Å²) in [5, 5.41) is 7.51. The zero-order valence-corrected chi connectivity index (χ0v) is 19.8. The van der Waals surface area contributed by atoms with Crippen LogP contribution in [0.1, 0.15) is 47.9 Å². The lowest BCUT2D eigenvalue weighted by Crippen LogP contribution is -2.44. The van der Waals surface area contributed by atoms with Crippen molar-refractivity contribution >= 4 is 29.2 Å². The summed E-state index contributed by atoms with van der Waals surface area (Å²) in [7, 11) is 0. The van der Waals surface area contributed by atoms with Crippen molar-refractivity contribution in [3.8, 4) is 0 Å². The molecule has 3 aromatic rings. The largest absolute Gasteiger partial charge is 0.343 e. The summed E-state index contributed by atoms with van der Waals surface area (Å²) in [6, 6.07) is 16.0. The van der Waals surface area contributed by atoms with Crippen molar-refractivity contribution < 1.29 is 18.8 Å². The van der Waals surface area contributed by atoms with Crippen LogP contribution in [0.2, 0.25) is 0 Å². The van der Waals surface area contributed by atoms with Gasteiger partial charge >= 0.3 is 6.03 Å². The summed E-state index contributed by atoms with van der Waals surface area (Å²) >= 11 is 1.45. The van der Waals surface area contributed by atoms with Gasteiger partial charge in [0, 0.05) is 4.88 Å². The van der Waals surface area contributed by atoms with Crippen molar-refractivity contribution in [3.05, 3.63) is 93.4 Å². The second-order valence-electron chi connectivity index (χ2n) is 8.46. The predicted octanol–water partition coefficient (Wildman–Crippen LogP) is 4.51. The van der Waals surface area contributed by atoms with Gasteiger partial charge in [-0.15, -0.1) is 11.3 Å². The third-order valence-corrected chi connectivity index (χ3v) is 6.92. The Morgan fingerprint density at radius 3 is 2.44 bits per heavy atom. The summed E-state index contributed by atoms with van der Waals surface area (Å²) in [5.41, 5.74) is 1.28. The molecule has 4 rings (SSSR count). The Morgan fingerprint density at radius 1 is 1.12 bits per heavy atom. The van der Waals surface area contributed by atoms with Crippen LogP contribution in [-0.4, -0.2) is 29.3 Å². The molecule has 8 heteroatoms. The molecular formula is C26H26FN3O3S. The van der Waals surface area contributed by atoms with Gasteiger partial charge in [-0.2, -0.15) is 0 Å². The molecule has 2 atom stereocenters. The van der Waals surface area contributed by atoms with Crippen LogP contribution in [0.15, 0.2) is 66.0 Å². The van der Waals surface area contributed by atoms with Crippen molar-refractivity contribution in [2.75, 3.05) is 6.54 Å². The Morgan fingerprint density at radius 2 is 1.82 bits per heavy atom. The first kappa shape index (κ1) is 23.6. The fourth-order valence-electron chi connectivity index (χ4n) is 4.11. The molecule has 0 bridgehead atoms. The first-order chi connectivity index (χ1) is 16.3. The maximum atomic E-state index is 13.4. The minimum atomic E-state index is -1.24. The SMILES string of the molecule is CCCc1ccc(C2(C)NC(=O)N(CC(=O)NC(c3ccc(F)cc3)c3cccs3)C2=O)cc1. The average molecular weight is 480 g/mol. The minimum Gasteiger partial charge on any atom is -0.343 e. The van der Waals surface area contributed by atoms with E-state index in [0.29, 0.717) is 11.1 Å². The number of benzene rings is 2. The number of hydrogen-bond acceptors (Lipinski definition) is 4. The topological polar surface area (TPSA) is 78.5 Å². The van der Waals surface area contributed by atoms with Gasteiger partial charge in [-0.3, -0.25) is 14.5 Å². The van der Waals surface area contributed by atoms with Gasteiger partial charge in [0.15, 0.2) is 0 Å². The monoisotopic (exact) mass is 479 g/mol. The maximum Gasteiger partial charge on any atom is 0.325 e. The number of hydrogen-bond donors (Lipinski definition) is 2. The van der Waals surface area contributed by atoms with Gasteiger partial charge in [-0.25, -0.2) is 9.18 Å². The molecule has 1 aliphatic heterocycles. The number of aryl methyl sites for hydroxylation is 1. The Bertz CT molecular complexity index is 1180. The first-order valence-electron chi connectivity index (χ1n) is 11.1. The van der Waals surface area contributed by atoms with E-state index in [2.05, 4.69) is 17.6 Å². The Kier molecular flexibility index (Phi) is 6.79. The summed E-state index contributed by atoms with van der Waals surface area (Å²) in [6.07, 6.45) is 1.95. The van der Waals surface area contributed by atoms with E-state index in [-0.39, 0.29) is 5.82 Å². The molecule has 2 heterocycles. The van der Waals surface area contributed by atoms with Gasteiger partial charge in [0.2, 0.25) is 5.91 Å². The number of carbonyl (C=O) groups excluding carboxylic acids is 3. The number of rotatable bonds is 8. The molecule has 2 N–H and O–H groups in total. The third kappa shape index (κ3) is 4.72. The van der Waals surface area contributed by atoms with Crippen molar-refractivity contribution in [3.63, 3.8) is 0 Å². The number of amides is 4. The third-order valence-electron chi connectivity index (χ3n) is 5.98. The average Bonchev–Trinajstić information content (AvgIpc) is 3.43. The number of nitrogens with zero attached hydrogens (tertiary/aromatic N) is 1. The van der Waals surface area contributed by atoms with E-state index in [4.69, 9.17) is 0 Å². The van der Waals surface area contributed by atoms with Crippen molar-refractivity contribution in [1.82, 2.24) is 15.5 Å². The number of imide groups is 1. The number of halogens is 1. The minimum absolute atomic E-state index is 0.374. The summed E-state index contributed by atoms with van der Waals surface area (Å²) in [4.78, 5) is 40.6. The van der Waals surface area contributed by atoms with Crippen LogP contribution in [0.25, 0.3) is 0 Å². The maximum absolute atomic E-state index is 13.4. The first-order valence-corrected chi connectivity index (χ1v) is 12.0. The molecule has 0 radical (unpaired) electrons. The highest BCUT2D eigenvalue weighted by atomic mass is 32.1. The Hall–Kier alpha value is -3.52. The summed E-state index contributed by atoms with van der Waals surface area (Å²) in [6.45, 7) is 3.32. The molecule has 1 aromatic heterocycles. The normalized spacial score (nSPS) is 18.6. The molecule has 2 unspecified atom stereocenters. The molecule has 1 fully saturated rings. The van der Waals surface area contributed by atoms with Crippen LogP contribution in [-0.2, 0) is 21.5 Å². The number of carbonyl (C=O) groups is 3. The van der Waals surface area contributed by atoms with Gasteiger partial charge in [-0.1, -0.05) is 55.8 Å². The van der Waals surface area contributed by atoms with Crippen LogP contribution in [0, 0.1) is 5.82 Å². The molecule has 4 amide bonds. The molecular weight excluding hydrogens is 453 g/mol. The standard InChI is InChI=1S/C26H26FN3O3S/c1-3-5-17-7-11-19(12-8-17)26(2)24(32)30(25(33)29-26)16-22(31)28-23(21-6-4-15-34-21)18-9-13-20(27)14-10-18/h4,6-15,23H,3,5,16H2,1-2H3,(H,28,31)(H,29,33). The van der Waals surface area contributed by atoms with Gasteiger partial charge in [-0.05, 0) is 53.6 Å². The number of nitrogens with one attached hydrogen (secondary N) is 2. The van der Waals surface area contributed by atoms with E-state index in [9.17, 15) is 18.8 Å². The van der Waals surface area contributed by atoms with E-state index in [1.54, 1.807) is 19.1 Å². The fourth-order valence-corrected chi connectivity index (χ4v) is 4.91. The second-order valence-corrected chi connectivity index (χ2v) is 9.44. The molecule has 1 saturated heterocycles. The van der Waals surface area contributed by atoms with Crippen LogP contribution < -0.4 is 10.6 Å². The summed E-state index contributed by atoms with van der Waals surface area (Å²) < 4.78 is 13.4. The predicted molar refractivity (Wildman–Crippen MR) is 129 cm³/mol. The van der Waals surface area contributed by atoms with E-state index in [1.807, 2.05) is 41.8 Å². The van der Waals surface area contributed by atoms with Crippen molar-refractivity contribution in [2.24, 2.45) is 0 Å². The van der Waals surface area contributed by atoms with Gasteiger partial charge in [0.05, 0.1) is 6.04 Å². The Balaban J connectivity index is 1.50. The fraction of sp³-hybridized carbons (Fsp3) is 0.269. The van der Waals surface area contributed by atoms with Gasteiger partial charge in [0.25, 0.3) is 5.91 Å². The van der Waals surface area contributed by atoms with Gasteiger partial charge < -0.3 is 10.6 Å². The van der Waals surface area contributed by atoms with Crippen LogP contribution >= 0.6 is 11.3 Å². The van der Waals surface area contributed by atoms with Crippen LogP contribution in [0.3, 0.4) is 0 Å². The zero-order valence-electron chi connectivity index (χ0n) is 19.0. The smallest absolute Gasteiger partial charge is 0.325 e. The summed E-state index contributed by atoms with van der Waals surface area (Å²) in [5.74, 6) is -1.35. The Labute approximate surface area is 201 Å². The highest BCUT2D eigenvalue weighted by molar-refractivity contribution is 7.10.